The molecule has 0 fully saturated rings. The Hall–Kier alpha value is -2.02. The molecule has 100 valence electrons. The smallest absolute Gasteiger partial charge is 0.322 e. The van der Waals surface area contributed by atoms with Crippen molar-refractivity contribution in [1.82, 2.24) is 15.0 Å². The Kier molecular flexibility index (Phi) is 4.06. The fourth-order valence-corrected chi connectivity index (χ4v) is 1.49. The number of nitrogens with zero attached hydrogens (tertiary/aromatic N) is 3. The molecule has 0 unspecified atom stereocenters. The lowest BCUT2D eigenvalue weighted by Gasteiger charge is -2.07. The third-order valence-electron chi connectivity index (χ3n) is 1.98. The fourth-order valence-electron chi connectivity index (χ4n) is 1.34. The number of rotatable bonds is 4. The van der Waals surface area contributed by atoms with E-state index in [-0.39, 0.29) is 22.9 Å². The lowest BCUT2D eigenvalue weighted by Crippen LogP contribution is -2.04. The quantitative estimate of drug-likeness (QED) is 0.936. The average Bonchev–Trinajstić information content (AvgIpc) is 2.26. The molecule has 0 radical (unpaired) electrons. The van der Waals surface area contributed by atoms with Gasteiger partial charge in [0, 0.05) is 11.8 Å². The van der Waals surface area contributed by atoms with Crippen LogP contribution in [0.2, 0.25) is 5.28 Å². The minimum absolute atomic E-state index is 0.0295. The van der Waals surface area contributed by atoms with E-state index in [0.29, 0.717) is 6.61 Å². The molecule has 8 heteroatoms. The van der Waals surface area contributed by atoms with Crippen LogP contribution < -0.4 is 10.1 Å². The molecule has 2 aromatic rings. The normalized spacial score (nSPS) is 10.3. The van der Waals surface area contributed by atoms with E-state index in [9.17, 15) is 8.78 Å². The maximum Gasteiger partial charge on any atom is 0.322 e. The van der Waals surface area contributed by atoms with Gasteiger partial charge in [0.15, 0.2) is 0 Å². The predicted molar refractivity (Wildman–Crippen MR) is 65.6 cm³/mol. The van der Waals surface area contributed by atoms with Crippen LogP contribution in [0.25, 0.3) is 0 Å². The van der Waals surface area contributed by atoms with Crippen molar-refractivity contribution in [2.75, 3.05) is 11.9 Å². The largest absolute Gasteiger partial charge is 0.464 e. The molecule has 0 aliphatic rings. The third kappa shape index (κ3) is 3.72. The van der Waals surface area contributed by atoms with Gasteiger partial charge in [-0.2, -0.15) is 15.0 Å². The van der Waals surface area contributed by atoms with Gasteiger partial charge >= 0.3 is 6.01 Å². The molecule has 0 bridgehead atoms. The monoisotopic (exact) mass is 286 g/mol. The Morgan fingerprint density at radius 2 is 1.84 bits per heavy atom. The second-order valence-corrected chi connectivity index (χ2v) is 3.76. The van der Waals surface area contributed by atoms with Gasteiger partial charge in [0.25, 0.3) is 0 Å². The lowest BCUT2D eigenvalue weighted by atomic mass is 10.3. The van der Waals surface area contributed by atoms with Crippen molar-refractivity contribution in [2.24, 2.45) is 0 Å². The molecule has 2 rings (SSSR count). The Morgan fingerprint density at radius 3 is 2.47 bits per heavy atom. The van der Waals surface area contributed by atoms with Gasteiger partial charge in [-0.1, -0.05) is 0 Å². The Balaban J connectivity index is 2.27. The molecule has 0 spiro atoms. The van der Waals surface area contributed by atoms with Crippen molar-refractivity contribution in [2.45, 2.75) is 6.92 Å². The molecule has 0 saturated heterocycles. The first-order chi connectivity index (χ1) is 9.06. The average molecular weight is 287 g/mol. The van der Waals surface area contributed by atoms with Gasteiger partial charge in [-0.3, -0.25) is 0 Å². The van der Waals surface area contributed by atoms with Crippen LogP contribution >= 0.6 is 11.6 Å². The van der Waals surface area contributed by atoms with Gasteiger partial charge in [-0.15, -0.1) is 0 Å². The molecule has 5 nitrogen and oxygen atoms in total. The molecular weight excluding hydrogens is 278 g/mol. The highest BCUT2D eigenvalue weighted by Crippen LogP contribution is 2.18. The van der Waals surface area contributed by atoms with E-state index in [1.165, 1.54) is 0 Å². The number of hydrogen-bond acceptors (Lipinski definition) is 5. The van der Waals surface area contributed by atoms with Crippen molar-refractivity contribution in [1.29, 1.82) is 0 Å². The third-order valence-corrected chi connectivity index (χ3v) is 2.15. The molecule has 1 aromatic carbocycles. The summed E-state index contributed by atoms with van der Waals surface area (Å²) in [5.74, 6) is -1.39. The number of ether oxygens (including phenoxy) is 1. The maximum absolute atomic E-state index is 13.0. The summed E-state index contributed by atoms with van der Waals surface area (Å²) in [6.45, 7) is 2.11. The minimum Gasteiger partial charge on any atom is -0.464 e. The van der Waals surface area contributed by atoms with Crippen molar-refractivity contribution >= 4 is 23.2 Å². The van der Waals surface area contributed by atoms with Crippen molar-refractivity contribution in [3.05, 3.63) is 35.1 Å². The molecule has 0 amide bonds. The zero-order valence-corrected chi connectivity index (χ0v) is 10.6. The number of benzene rings is 1. The highest BCUT2D eigenvalue weighted by atomic mass is 35.5. The van der Waals surface area contributed by atoms with Crippen molar-refractivity contribution < 1.29 is 13.5 Å². The van der Waals surface area contributed by atoms with Crippen LogP contribution in [0.5, 0.6) is 6.01 Å². The Morgan fingerprint density at radius 1 is 1.16 bits per heavy atom. The first-order valence-electron chi connectivity index (χ1n) is 5.34. The van der Waals surface area contributed by atoms with Gasteiger partial charge in [-0.05, 0) is 30.7 Å². The topological polar surface area (TPSA) is 59.9 Å². The van der Waals surface area contributed by atoms with Gasteiger partial charge in [0.1, 0.15) is 11.6 Å². The van der Waals surface area contributed by atoms with Crippen LogP contribution in [0, 0.1) is 11.6 Å². The van der Waals surface area contributed by atoms with Crippen LogP contribution in [0.4, 0.5) is 20.4 Å². The summed E-state index contributed by atoms with van der Waals surface area (Å²) in [7, 11) is 0. The van der Waals surface area contributed by atoms with Crippen LogP contribution in [-0.2, 0) is 0 Å². The van der Waals surface area contributed by atoms with Crippen LogP contribution in [-0.4, -0.2) is 21.6 Å². The maximum atomic E-state index is 13.0. The Labute approximate surface area is 112 Å². The molecule has 0 atom stereocenters. The summed E-state index contributed by atoms with van der Waals surface area (Å²) in [6, 6.07) is 2.99. The van der Waals surface area contributed by atoms with E-state index in [4.69, 9.17) is 16.3 Å². The summed E-state index contributed by atoms with van der Waals surface area (Å²) in [5, 5.41) is 2.53. The predicted octanol–water partition coefficient (Wildman–Crippen LogP) is 2.95. The molecule has 1 aromatic heterocycles. The van der Waals surface area contributed by atoms with Crippen LogP contribution in [0.1, 0.15) is 6.92 Å². The first kappa shape index (κ1) is 13.4. The molecule has 19 heavy (non-hydrogen) atoms. The summed E-state index contributed by atoms with van der Waals surface area (Å²) >= 11 is 5.68. The number of aromatic nitrogens is 3. The summed E-state index contributed by atoms with van der Waals surface area (Å²) in [5.41, 5.74) is 0.155. The standard InChI is InChI=1S/C11H9ClF2N4O/c1-2-19-11-17-9(12)16-10(18-11)15-8-4-6(13)3-7(14)5-8/h3-5H,2H2,1H3,(H,15,16,17,18). The van der Waals surface area contributed by atoms with Gasteiger partial charge < -0.3 is 10.1 Å². The zero-order valence-electron chi connectivity index (χ0n) is 9.82. The molecule has 1 N–H and O–H groups in total. The number of hydrogen-bond donors (Lipinski definition) is 1. The van der Waals surface area contributed by atoms with E-state index in [2.05, 4.69) is 20.3 Å². The number of anilines is 2. The second-order valence-electron chi connectivity index (χ2n) is 3.43. The van der Waals surface area contributed by atoms with E-state index in [1.807, 2.05) is 0 Å². The fraction of sp³-hybridized carbons (Fsp3) is 0.182. The van der Waals surface area contributed by atoms with Crippen LogP contribution in [0.3, 0.4) is 0 Å². The van der Waals surface area contributed by atoms with E-state index in [1.54, 1.807) is 6.92 Å². The molecule has 1 heterocycles. The van der Waals surface area contributed by atoms with Crippen molar-refractivity contribution in [3.8, 4) is 6.01 Å². The summed E-state index contributed by atoms with van der Waals surface area (Å²) in [6.07, 6.45) is 0. The minimum atomic E-state index is -0.715. The molecule has 0 aliphatic heterocycles. The Bertz CT molecular complexity index is 577. The van der Waals surface area contributed by atoms with E-state index < -0.39 is 11.6 Å². The highest BCUT2D eigenvalue weighted by Gasteiger charge is 2.07. The SMILES string of the molecule is CCOc1nc(Cl)nc(Nc2cc(F)cc(F)c2)n1. The zero-order chi connectivity index (χ0) is 13.8. The first-order valence-corrected chi connectivity index (χ1v) is 5.72. The molecule has 0 aliphatic carbocycles. The number of halogens is 3. The van der Waals surface area contributed by atoms with Gasteiger partial charge in [-0.25, -0.2) is 8.78 Å². The van der Waals surface area contributed by atoms with Gasteiger partial charge in [0.2, 0.25) is 11.2 Å². The lowest BCUT2D eigenvalue weighted by molar-refractivity contribution is 0.312. The van der Waals surface area contributed by atoms with Gasteiger partial charge in [0.05, 0.1) is 6.61 Å². The van der Waals surface area contributed by atoms with Crippen LogP contribution in [0.15, 0.2) is 18.2 Å². The summed E-state index contributed by atoms with van der Waals surface area (Å²) < 4.78 is 31.1. The molecular formula is C11H9ClF2N4O. The van der Waals surface area contributed by atoms with Crippen molar-refractivity contribution in [3.63, 3.8) is 0 Å². The van der Waals surface area contributed by atoms with E-state index in [0.717, 1.165) is 18.2 Å². The summed E-state index contributed by atoms with van der Waals surface area (Å²) in [4.78, 5) is 11.4. The number of nitrogens with one attached hydrogen (secondary N) is 1. The highest BCUT2D eigenvalue weighted by molar-refractivity contribution is 6.28. The second kappa shape index (κ2) is 5.75. The molecule has 0 saturated carbocycles. The van der Waals surface area contributed by atoms with E-state index >= 15 is 0 Å².